The summed E-state index contributed by atoms with van der Waals surface area (Å²) in [6.45, 7) is 0. The van der Waals surface area contributed by atoms with Gasteiger partial charge >= 0.3 is 22.4 Å². The quantitative estimate of drug-likeness (QED) is 0.286. The van der Waals surface area contributed by atoms with Crippen LogP contribution in [0.4, 0.5) is 0 Å². The summed E-state index contributed by atoms with van der Waals surface area (Å²) in [5.74, 6) is 0. The fourth-order valence-corrected chi connectivity index (χ4v) is 0.434. The summed E-state index contributed by atoms with van der Waals surface area (Å²) in [4.78, 5) is 1.75. The smallest absolute Gasteiger partial charge is 0.464 e. The molecular formula is C11H19N2S2TaTb-. The normalized spacial score (nSPS) is 7.41. The average molecular weight is 583 g/mol. The Bertz CT molecular complexity index is 209. The molecule has 0 amide bonds. The maximum atomic E-state index is 3.64. The summed E-state index contributed by atoms with van der Waals surface area (Å²) >= 11 is 0. The van der Waals surface area contributed by atoms with Crippen molar-refractivity contribution in [1.29, 1.82) is 0 Å². The maximum Gasteiger partial charge on any atom is 2.00 e. The van der Waals surface area contributed by atoms with Crippen molar-refractivity contribution < 1.29 is 65.6 Å². The fourth-order valence-electron chi connectivity index (χ4n) is 0.434. The van der Waals surface area contributed by atoms with Crippen LogP contribution < -0.4 is 4.57 Å². The van der Waals surface area contributed by atoms with Gasteiger partial charge in [-0.3, -0.25) is 19.6 Å². The van der Waals surface area contributed by atoms with E-state index in [1.54, 1.807) is 9.47 Å². The predicted molar refractivity (Wildman–Crippen MR) is 72.3 cm³/mol. The van der Waals surface area contributed by atoms with Crippen LogP contribution in [0.25, 0.3) is 0 Å². The summed E-state index contributed by atoms with van der Waals surface area (Å²) in [6.07, 6.45) is 10.6. The van der Waals surface area contributed by atoms with Crippen LogP contribution in [0.1, 0.15) is 0 Å². The average Bonchev–Trinajstić information content (AvgIpc) is 2.18. The molecule has 6 heteroatoms. The number of aromatic nitrogens is 1. The zero-order valence-electron chi connectivity index (χ0n) is 10.2. The van der Waals surface area contributed by atoms with Crippen LogP contribution in [-0.2, 0) is 22.4 Å². The molecule has 1 heterocycles. The molecule has 0 unspecified atom stereocenters. The molecule has 2 radical (unpaired) electrons. The molecule has 1 rings (SSSR count). The molecule has 0 spiro atoms. The van der Waals surface area contributed by atoms with Crippen molar-refractivity contribution in [3.63, 3.8) is 0 Å². The Morgan fingerprint density at radius 2 is 1.29 bits per heavy atom. The van der Waals surface area contributed by atoms with Crippen molar-refractivity contribution in [1.82, 2.24) is 4.90 Å². The first-order valence-electron chi connectivity index (χ1n) is 4.12. The minimum atomic E-state index is 0. The van der Waals surface area contributed by atoms with E-state index in [-0.39, 0.29) is 61.0 Å². The Balaban J connectivity index is -0.0000000755. The molecule has 0 bridgehead atoms. The molecule has 0 aromatic carbocycles. The molecule has 1 aromatic rings. The Morgan fingerprint density at radius 1 is 1.00 bits per heavy atom. The monoisotopic (exact) mass is 583 g/mol. The predicted octanol–water partition coefficient (Wildman–Crippen LogP) is 2.90. The van der Waals surface area contributed by atoms with Crippen molar-refractivity contribution in [3.8, 4) is 0 Å². The molecule has 2 nitrogen and oxygen atoms in total. The molecular weight excluding hydrogens is 564 g/mol. The molecule has 17 heavy (non-hydrogen) atoms. The van der Waals surface area contributed by atoms with Crippen molar-refractivity contribution in [2.24, 2.45) is 0 Å². The van der Waals surface area contributed by atoms with Crippen molar-refractivity contribution in [2.45, 2.75) is 0 Å². The summed E-state index contributed by atoms with van der Waals surface area (Å²) in [5.41, 5.74) is 0. The number of hydrogen-bond donors (Lipinski definition) is 0. The number of rotatable bonds is 1. The molecule has 1 aromatic heterocycles. The molecule has 100 valence electrons. The van der Waals surface area contributed by atoms with Crippen molar-refractivity contribution in [2.75, 3.05) is 14.1 Å². The second kappa shape index (κ2) is 22.8. The molecule has 0 aliphatic carbocycles. The van der Waals surface area contributed by atoms with Crippen LogP contribution >= 0.6 is 21.6 Å². The van der Waals surface area contributed by atoms with E-state index < -0.39 is 0 Å². The van der Waals surface area contributed by atoms with Gasteiger partial charge in [0, 0.05) is 45.7 Å². The standard InChI is InChI=1S/C6H7N.C3H8N.C2H4S2.Ta.Tb/c1-7-5-3-2-4-6-7;1-4(2)3;1-3-4-2;;/h2-6H,1H2;1H2,2-3H3;1-2H2;;/q;-1;-2;+2;. The van der Waals surface area contributed by atoms with E-state index in [1.807, 2.05) is 44.7 Å². The van der Waals surface area contributed by atoms with Gasteiger partial charge < -0.3 is 31.1 Å². The Labute approximate surface area is 161 Å². The maximum absolute atomic E-state index is 3.64. The molecule has 0 aliphatic rings. The van der Waals surface area contributed by atoms with E-state index in [0.717, 1.165) is 0 Å². The summed E-state index contributed by atoms with van der Waals surface area (Å²) in [5, 5.41) is 0. The third-order valence-corrected chi connectivity index (χ3v) is 1.53. The van der Waals surface area contributed by atoms with E-state index in [0.29, 0.717) is 0 Å². The van der Waals surface area contributed by atoms with Crippen LogP contribution in [0.5, 0.6) is 0 Å². The van der Waals surface area contributed by atoms with Gasteiger partial charge in [-0.1, -0.05) is 18.2 Å². The van der Waals surface area contributed by atoms with E-state index in [2.05, 4.69) is 26.6 Å². The first kappa shape index (κ1) is 27.1. The second-order valence-electron chi connectivity index (χ2n) is 2.71. The van der Waals surface area contributed by atoms with E-state index in [9.17, 15) is 0 Å². The third-order valence-electron chi connectivity index (χ3n) is 0.861. The van der Waals surface area contributed by atoms with Gasteiger partial charge in [0.2, 0.25) is 0 Å². The largest absolute Gasteiger partial charge is 2.00 e. The van der Waals surface area contributed by atoms with Crippen molar-refractivity contribution >= 4 is 21.6 Å². The Kier molecular flexibility index (Phi) is 36.4. The summed E-state index contributed by atoms with van der Waals surface area (Å²) in [6, 6.07) is 5.84. The SMILES string of the molecule is [CH2-]N(C)C.[CH2-]SS[CH2-].[CH2-][n+]1ccccc1.[Ta+2].[Tb]. The van der Waals surface area contributed by atoms with Gasteiger partial charge in [-0.15, -0.1) is 0 Å². The zero-order valence-corrected chi connectivity index (χ0v) is 17.2. The van der Waals surface area contributed by atoms with E-state index >= 15 is 0 Å². The van der Waals surface area contributed by atoms with Gasteiger partial charge in [0.1, 0.15) is 0 Å². The van der Waals surface area contributed by atoms with Gasteiger partial charge in [0.15, 0.2) is 0 Å². The number of pyridine rings is 1. The first-order valence-corrected chi connectivity index (χ1v) is 6.61. The van der Waals surface area contributed by atoms with Crippen LogP contribution in [0.3, 0.4) is 0 Å². The summed E-state index contributed by atoms with van der Waals surface area (Å²) < 4.78 is 1.75. The molecule has 0 saturated carbocycles. The minimum Gasteiger partial charge on any atom is -0.464 e. The topological polar surface area (TPSA) is 7.12 Å². The van der Waals surface area contributed by atoms with E-state index in [1.165, 1.54) is 21.6 Å². The molecule has 0 saturated heterocycles. The zero-order chi connectivity index (χ0) is 12.1. The molecule has 0 fully saturated rings. The molecule has 0 N–H and O–H groups in total. The van der Waals surface area contributed by atoms with Gasteiger partial charge in [0.25, 0.3) is 0 Å². The second-order valence-corrected chi connectivity index (χ2v) is 4.59. The van der Waals surface area contributed by atoms with Crippen LogP contribution in [0.15, 0.2) is 30.6 Å². The van der Waals surface area contributed by atoms with E-state index in [4.69, 9.17) is 0 Å². The number of hydrogen-bond acceptors (Lipinski definition) is 3. The van der Waals surface area contributed by atoms with Gasteiger partial charge in [0.05, 0.1) is 12.4 Å². The third kappa shape index (κ3) is 38.1. The van der Waals surface area contributed by atoms with Crippen LogP contribution in [-0.4, -0.2) is 19.0 Å². The number of nitrogens with zero attached hydrogens (tertiary/aromatic N) is 2. The van der Waals surface area contributed by atoms with Gasteiger partial charge in [-0.25, -0.2) is 0 Å². The fraction of sp³-hybridized carbons (Fsp3) is 0.182. The first-order chi connectivity index (χ1) is 7.04. The molecule has 0 atom stereocenters. The Morgan fingerprint density at radius 3 is 1.41 bits per heavy atom. The minimum absolute atomic E-state index is 0. The summed E-state index contributed by atoms with van der Waals surface area (Å²) in [7, 11) is 13.7. The molecule has 0 aliphatic heterocycles. The van der Waals surface area contributed by atoms with Crippen LogP contribution in [0.2, 0.25) is 0 Å². The van der Waals surface area contributed by atoms with Crippen LogP contribution in [0, 0.1) is 65.2 Å². The Hall–Kier alpha value is 1.71. The van der Waals surface area contributed by atoms with Gasteiger partial charge in [-0.2, -0.15) is 0 Å². The van der Waals surface area contributed by atoms with Gasteiger partial charge in [-0.05, 0) is 14.1 Å². The van der Waals surface area contributed by atoms with Crippen molar-refractivity contribution in [3.05, 3.63) is 57.2 Å².